The van der Waals surface area contributed by atoms with Crippen LogP contribution in [-0.2, 0) is 0 Å². The summed E-state index contributed by atoms with van der Waals surface area (Å²) in [5.41, 5.74) is 6.64. The molecule has 0 aliphatic carbocycles. The van der Waals surface area contributed by atoms with Gasteiger partial charge in [-0.2, -0.15) is 0 Å². The van der Waals surface area contributed by atoms with Crippen LogP contribution in [0.3, 0.4) is 0 Å². The van der Waals surface area contributed by atoms with Crippen LogP contribution in [0.1, 0.15) is 34.1 Å². The minimum Gasteiger partial charge on any atom is -0.488 e. The molecule has 0 radical (unpaired) electrons. The number of hydrogen-bond acceptors (Lipinski definition) is 4. The molecule has 0 aliphatic heterocycles. The molecule has 0 saturated heterocycles. The van der Waals surface area contributed by atoms with E-state index in [4.69, 9.17) is 10.5 Å². The molecular weight excluding hydrogens is 259 g/mol. The lowest BCUT2D eigenvalue weighted by Gasteiger charge is -2.17. The monoisotopic (exact) mass is 284 g/mol. The first-order valence-corrected chi connectivity index (χ1v) is 6.97. The molecule has 0 amide bonds. The molecule has 0 spiro atoms. The molecule has 5 heteroatoms. The van der Waals surface area contributed by atoms with Crippen LogP contribution in [0, 0.1) is 11.7 Å². The number of ether oxygens (including phenoxy) is 1. The third-order valence-electron chi connectivity index (χ3n) is 2.74. The van der Waals surface area contributed by atoms with Gasteiger partial charge in [0, 0.05) is 18.7 Å². The van der Waals surface area contributed by atoms with Crippen molar-refractivity contribution < 1.29 is 14.2 Å². The largest absolute Gasteiger partial charge is 0.488 e. The maximum absolute atomic E-state index is 13.7. The van der Waals surface area contributed by atoms with Crippen molar-refractivity contribution in [3.05, 3.63) is 17.9 Å². The van der Waals surface area contributed by atoms with Crippen LogP contribution in [0.2, 0.25) is 0 Å². The summed E-state index contributed by atoms with van der Waals surface area (Å²) >= 11 is 0. The van der Waals surface area contributed by atoms with Gasteiger partial charge in [-0.05, 0) is 26.2 Å². The zero-order valence-corrected chi connectivity index (χ0v) is 12.6. The van der Waals surface area contributed by atoms with E-state index in [0.29, 0.717) is 30.3 Å². The van der Waals surface area contributed by atoms with Gasteiger partial charge in [0.1, 0.15) is 0 Å². The molecule has 1 aromatic carbocycles. The van der Waals surface area contributed by atoms with Crippen molar-refractivity contribution in [2.75, 3.05) is 17.6 Å². The van der Waals surface area contributed by atoms with Gasteiger partial charge in [0.05, 0.1) is 23.6 Å². The van der Waals surface area contributed by atoms with E-state index in [0.717, 1.165) is 0 Å². The predicted octanol–water partition coefficient (Wildman–Crippen LogP) is 3.01. The molecule has 20 heavy (non-hydrogen) atoms. The summed E-state index contributed by atoms with van der Waals surface area (Å²) in [6, 6.07) is 2.77. The van der Waals surface area contributed by atoms with Crippen molar-refractivity contribution in [3.8, 4) is 5.75 Å². The Morgan fingerprint density at radius 2 is 1.95 bits per heavy atom. The number of hydrogen-bond donors (Lipinski definition) is 3. The molecule has 4 N–H and O–H groups in total. The molecule has 4 nitrogen and oxygen atoms in total. The number of nitrogens with one attached hydrogen (secondary N) is 1. The number of aliphatic hydroxyl groups is 1. The Bertz CT molecular complexity index is 436. The molecule has 0 heterocycles. The van der Waals surface area contributed by atoms with Crippen LogP contribution in [-0.4, -0.2) is 23.9 Å². The fourth-order valence-electron chi connectivity index (χ4n) is 1.92. The van der Waals surface area contributed by atoms with Crippen molar-refractivity contribution >= 4 is 11.4 Å². The summed E-state index contributed by atoms with van der Waals surface area (Å²) < 4.78 is 19.1. The topological polar surface area (TPSA) is 67.5 Å². The zero-order chi connectivity index (χ0) is 15.3. The van der Waals surface area contributed by atoms with Crippen molar-refractivity contribution in [3.63, 3.8) is 0 Å². The van der Waals surface area contributed by atoms with Crippen LogP contribution in [0.25, 0.3) is 0 Å². The Labute approximate surface area is 120 Å². The second kappa shape index (κ2) is 7.33. The summed E-state index contributed by atoms with van der Waals surface area (Å²) in [4.78, 5) is 0. The number of nitrogen functional groups attached to an aromatic ring is 1. The zero-order valence-electron chi connectivity index (χ0n) is 12.6. The van der Waals surface area contributed by atoms with Gasteiger partial charge in [0.2, 0.25) is 0 Å². The Morgan fingerprint density at radius 3 is 2.50 bits per heavy atom. The van der Waals surface area contributed by atoms with Gasteiger partial charge in [-0.25, -0.2) is 4.39 Å². The number of benzene rings is 1. The molecule has 0 aromatic heterocycles. The molecule has 0 saturated carbocycles. The molecule has 1 aromatic rings. The smallest absolute Gasteiger partial charge is 0.167 e. The Hall–Kier alpha value is -1.49. The van der Waals surface area contributed by atoms with Crippen LogP contribution in [0.5, 0.6) is 5.75 Å². The van der Waals surface area contributed by atoms with Crippen LogP contribution >= 0.6 is 0 Å². The lowest BCUT2D eigenvalue weighted by atomic mass is 10.1. The maximum atomic E-state index is 13.7. The van der Waals surface area contributed by atoms with Gasteiger partial charge in [-0.3, -0.25) is 0 Å². The minimum atomic E-state index is -0.482. The molecule has 114 valence electrons. The number of rotatable bonds is 7. The number of halogens is 1. The van der Waals surface area contributed by atoms with Crippen LogP contribution in [0.15, 0.2) is 12.1 Å². The molecule has 1 unspecified atom stereocenters. The molecule has 0 bridgehead atoms. The van der Waals surface area contributed by atoms with E-state index in [2.05, 4.69) is 5.32 Å². The van der Waals surface area contributed by atoms with E-state index in [-0.39, 0.29) is 11.9 Å². The number of nitrogens with two attached hydrogens (primary N) is 1. The van der Waals surface area contributed by atoms with Crippen molar-refractivity contribution in [1.82, 2.24) is 0 Å². The second-order valence-electron chi connectivity index (χ2n) is 5.70. The van der Waals surface area contributed by atoms with Crippen LogP contribution in [0.4, 0.5) is 15.8 Å². The Morgan fingerprint density at radius 1 is 1.30 bits per heavy atom. The summed E-state index contributed by atoms with van der Waals surface area (Å²) in [5.74, 6) is 0.0942. The Balaban J connectivity index is 2.74. The quantitative estimate of drug-likeness (QED) is 0.673. The first-order valence-electron chi connectivity index (χ1n) is 6.97. The van der Waals surface area contributed by atoms with Crippen molar-refractivity contribution in [2.45, 2.75) is 46.3 Å². The fourth-order valence-corrected chi connectivity index (χ4v) is 1.92. The lowest BCUT2D eigenvalue weighted by molar-refractivity contribution is 0.161. The van der Waals surface area contributed by atoms with E-state index in [9.17, 15) is 9.50 Å². The van der Waals surface area contributed by atoms with E-state index in [1.165, 1.54) is 12.1 Å². The highest BCUT2D eigenvalue weighted by atomic mass is 19.1. The first kappa shape index (κ1) is 16.6. The highest BCUT2D eigenvalue weighted by Crippen LogP contribution is 2.29. The van der Waals surface area contributed by atoms with Gasteiger partial charge in [0.25, 0.3) is 0 Å². The van der Waals surface area contributed by atoms with E-state index in [1.54, 1.807) is 0 Å². The lowest BCUT2D eigenvalue weighted by Crippen LogP contribution is -2.21. The summed E-state index contributed by atoms with van der Waals surface area (Å²) in [7, 11) is 0. The molecule has 0 fully saturated rings. The van der Waals surface area contributed by atoms with Gasteiger partial charge >= 0.3 is 0 Å². The third-order valence-corrected chi connectivity index (χ3v) is 2.74. The summed E-state index contributed by atoms with van der Waals surface area (Å²) in [5, 5.41) is 12.9. The molecule has 0 aliphatic rings. The normalized spacial score (nSPS) is 12.8. The highest BCUT2D eigenvalue weighted by Gasteiger charge is 2.12. The van der Waals surface area contributed by atoms with Crippen molar-refractivity contribution in [1.29, 1.82) is 0 Å². The van der Waals surface area contributed by atoms with Gasteiger partial charge < -0.3 is 20.9 Å². The van der Waals surface area contributed by atoms with Gasteiger partial charge in [-0.15, -0.1) is 0 Å². The molecular formula is C15H25FN2O2. The average Bonchev–Trinajstić information content (AvgIpc) is 2.29. The predicted molar refractivity (Wildman–Crippen MR) is 80.5 cm³/mol. The number of anilines is 2. The van der Waals surface area contributed by atoms with Gasteiger partial charge in [0.15, 0.2) is 11.6 Å². The van der Waals surface area contributed by atoms with Gasteiger partial charge in [-0.1, -0.05) is 13.8 Å². The standard InChI is InChI=1S/C15H25FN2O2/c1-9(2)5-11(19)8-18-14-7-15(20-10(3)4)12(16)6-13(14)17/h6-7,9-11,18-19H,5,8,17H2,1-4H3. The van der Waals surface area contributed by atoms with Crippen LogP contribution < -0.4 is 15.8 Å². The average molecular weight is 284 g/mol. The minimum absolute atomic E-state index is 0.118. The summed E-state index contributed by atoms with van der Waals surface area (Å²) in [6.07, 6.45) is 0.116. The molecule has 1 atom stereocenters. The first-order chi connectivity index (χ1) is 9.29. The number of aliphatic hydroxyl groups excluding tert-OH is 1. The second-order valence-corrected chi connectivity index (χ2v) is 5.70. The Kier molecular flexibility index (Phi) is 6.07. The third kappa shape index (κ3) is 5.25. The SMILES string of the molecule is CC(C)CC(O)CNc1cc(OC(C)C)c(F)cc1N. The molecule has 1 rings (SSSR count). The summed E-state index contributed by atoms with van der Waals surface area (Å²) in [6.45, 7) is 8.12. The van der Waals surface area contributed by atoms with E-state index in [1.807, 2.05) is 27.7 Å². The van der Waals surface area contributed by atoms with E-state index < -0.39 is 11.9 Å². The van der Waals surface area contributed by atoms with Crippen molar-refractivity contribution in [2.24, 2.45) is 5.92 Å². The maximum Gasteiger partial charge on any atom is 0.167 e. The highest BCUT2D eigenvalue weighted by molar-refractivity contribution is 5.68. The fraction of sp³-hybridized carbons (Fsp3) is 0.600. The van der Waals surface area contributed by atoms with E-state index >= 15 is 0 Å².